The SMILES string of the molecule is CCNC(=NCCCCn1cnnc1)N1CCN(Cc2cccs2)CC1.I. The van der Waals surface area contributed by atoms with Gasteiger partial charge in [0.05, 0.1) is 0 Å². The lowest BCUT2D eigenvalue weighted by Gasteiger charge is -2.36. The van der Waals surface area contributed by atoms with E-state index in [1.807, 2.05) is 15.9 Å². The molecule has 1 N–H and O–H groups in total. The molecule has 1 aliphatic rings. The first-order chi connectivity index (χ1) is 12.8. The molecule has 0 amide bonds. The van der Waals surface area contributed by atoms with Gasteiger partial charge in [-0.05, 0) is 31.2 Å². The first-order valence-corrected chi connectivity index (χ1v) is 10.3. The molecule has 0 bridgehead atoms. The van der Waals surface area contributed by atoms with Gasteiger partial charge in [0.1, 0.15) is 12.7 Å². The van der Waals surface area contributed by atoms with Crippen molar-refractivity contribution < 1.29 is 0 Å². The molecule has 0 spiro atoms. The van der Waals surface area contributed by atoms with Gasteiger partial charge in [0.2, 0.25) is 0 Å². The van der Waals surface area contributed by atoms with E-state index in [2.05, 4.69) is 49.8 Å². The zero-order chi connectivity index (χ0) is 18.0. The molecule has 2 aromatic rings. The van der Waals surface area contributed by atoms with Crippen molar-refractivity contribution in [1.29, 1.82) is 0 Å². The fourth-order valence-electron chi connectivity index (χ4n) is 3.10. The molecule has 150 valence electrons. The quantitative estimate of drug-likeness (QED) is 0.260. The van der Waals surface area contributed by atoms with E-state index in [0.29, 0.717) is 0 Å². The smallest absolute Gasteiger partial charge is 0.194 e. The molecule has 3 heterocycles. The van der Waals surface area contributed by atoms with Crippen LogP contribution in [0.15, 0.2) is 35.2 Å². The molecule has 0 atom stereocenters. The first kappa shape index (κ1) is 22.1. The van der Waals surface area contributed by atoms with E-state index in [-0.39, 0.29) is 24.0 Å². The first-order valence-electron chi connectivity index (χ1n) is 9.45. The largest absolute Gasteiger partial charge is 0.357 e. The van der Waals surface area contributed by atoms with Crippen LogP contribution in [0.2, 0.25) is 0 Å². The molecule has 27 heavy (non-hydrogen) atoms. The number of unbranched alkanes of at least 4 members (excludes halogenated alkanes) is 1. The Morgan fingerprint density at radius 2 is 1.96 bits per heavy atom. The van der Waals surface area contributed by atoms with Crippen LogP contribution in [-0.2, 0) is 13.1 Å². The highest BCUT2D eigenvalue weighted by atomic mass is 127. The summed E-state index contributed by atoms with van der Waals surface area (Å²) in [6, 6.07) is 4.36. The van der Waals surface area contributed by atoms with Gasteiger partial charge in [0.15, 0.2) is 5.96 Å². The number of thiophene rings is 1. The molecule has 3 rings (SSSR count). The average molecular weight is 503 g/mol. The molecule has 7 nitrogen and oxygen atoms in total. The Labute approximate surface area is 182 Å². The van der Waals surface area contributed by atoms with Gasteiger partial charge in [0, 0.05) is 57.2 Å². The van der Waals surface area contributed by atoms with Crippen molar-refractivity contribution in [3.63, 3.8) is 0 Å². The predicted molar refractivity (Wildman–Crippen MR) is 122 cm³/mol. The Hall–Kier alpha value is -1.20. The van der Waals surface area contributed by atoms with Crippen molar-refractivity contribution in [2.75, 3.05) is 39.3 Å². The minimum atomic E-state index is 0. The third-order valence-electron chi connectivity index (χ3n) is 4.52. The second-order valence-electron chi connectivity index (χ2n) is 6.49. The molecule has 0 radical (unpaired) electrons. The Balaban J connectivity index is 0.00000261. The molecule has 0 unspecified atom stereocenters. The Morgan fingerprint density at radius 1 is 1.19 bits per heavy atom. The standard InChI is InChI=1S/C18H29N7S.HI/c1-2-19-18(20-7-3-4-8-24-15-21-22-16-24)25-11-9-23(10-12-25)14-17-6-5-13-26-17;/h5-6,13,15-16H,2-4,7-12,14H2,1H3,(H,19,20);1H. The number of rotatable bonds is 8. The Kier molecular flexibility index (Phi) is 10.1. The molecule has 0 aromatic carbocycles. The van der Waals surface area contributed by atoms with E-state index in [4.69, 9.17) is 4.99 Å². The summed E-state index contributed by atoms with van der Waals surface area (Å²) >= 11 is 1.85. The third kappa shape index (κ3) is 7.38. The van der Waals surface area contributed by atoms with Gasteiger partial charge in [-0.15, -0.1) is 45.5 Å². The number of aryl methyl sites for hydroxylation is 1. The van der Waals surface area contributed by atoms with Crippen molar-refractivity contribution >= 4 is 41.3 Å². The van der Waals surface area contributed by atoms with E-state index in [0.717, 1.165) is 71.2 Å². The summed E-state index contributed by atoms with van der Waals surface area (Å²) in [7, 11) is 0. The van der Waals surface area contributed by atoms with Crippen LogP contribution >= 0.6 is 35.3 Å². The highest BCUT2D eigenvalue weighted by molar-refractivity contribution is 14.0. The topological polar surface area (TPSA) is 61.6 Å². The molecular weight excluding hydrogens is 473 g/mol. The van der Waals surface area contributed by atoms with Gasteiger partial charge in [0.25, 0.3) is 0 Å². The maximum Gasteiger partial charge on any atom is 0.194 e. The summed E-state index contributed by atoms with van der Waals surface area (Å²) in [5, 5.41) is 13.3. The van der Waals surface area contributed by atoms with Crippen LogP contribution in [0.5, 0.6) is 0 Å². The summed E-state index contributed by atoms with van der Waals surface area (Å²) in [6.07, 6.45) is 5.70. The van der Waals surface area contributed by atoms with Gasteiger partial charge in [-0.25, -0.2) is 0 Å². The van der Waals surface area contributed by atoms with Crippen LogP contribution in [0.1, 0.15) is 24.6 Å². The van der Waals surface area contributed by atoms with Crippen molar-refractivity contribution in [2.45, 2.75) is 32.9 Å². The molecule has 1 aliphatic heterocycles. The van der Waals surface area contributed by atoms with Crippen LogP contribution in [-0.4, -0.2) is 69.8 Å². The average Bonchev–Trinajstić information content (AvgIpc) is 3.35. The van der Waals surface area contributed by atoms with Gasteiger partial charge >= 0.3 is 0 Å². The van der Waals surface area contributed by atoms with Crippen molar-refractivity contribution in [3.05, 3.63) is 35.0 Å². The summed E-state index contributed by atoms with van der Waals surface area (Å²) in [6.45, 7) is 10.2. The Bertz CT molecular complexity index is 637. The lowest BCUT2D eigenvalue weighted by molar-refractivity contribution is 0.173. The van der Waals surface area contributed by atoms with Gasteiger partial charge < -0.3 is 14.8 Å². The summed E-state index contributed by atoms with van der Waals surface area (Å²) in [5.41, 5.74) is 0. The zero-order valence-electron chi connectivity index (χ0n) is 16.0. The molecule has 1 fully saturated rings. The number of halogens is 1. The molecule has 2 aromatic heterocycles. The van der Waals surface area contributed by atoms with Crippen molar-refractivity contribution in [1.82, 2.24) is 29.9 Å². The number of piperazine rings is 1. The maximum atomic E-state index is 4.83. The summed E-state index contributed by atoms with van der Waals surface area (Å²) in [4.78, 5) is 11.2. The van der Waals surface area contributed by atoms with E-state index in [1.165, 1.54) is 4.88 Å². The molecule has 1 saturated heterocycles. The normalized spacial score (nSPS) is 15.6. The fraction of sp³-hybridized carbons (Fsp3) is 0.611. The second-order valence-corrected chi connectivity index (χ2v) is 7.52. The highest BCUT2D eigenvalue weighted by Gasteiger charge is 2.19. The number of nitrogens with zero attached hydrogens (tertiary/aromatic N) is 6. The van der Waals surface area contributed by atoms with Gasteiger partial charge in [-0.1, -0.05) is 6.07 Å². The highest BCUT2D eigenvalue weighted by Crippen LogP contribution is 2.13. The van der Waals surface area contributed by atoms with E-state index >= 15 is 0 Å². The number of aliphatic imine (C=N–C) groups is 1. The van der Waals surface area contributed by atoms with Gasteiger partial charge in [-0.2, -0.15) is 0 Å². The van der Waals surface area contributed by atoms with E-state index < -0.39 is 0 Å². The van der Waals surface area contributed by atoms with Crippen molar-refractivity contribution in [2.24, 2.45) is 4.99 Å². The molecular formula is C18H30IN7S. The minimum Gasteiger partial charge on any atom is -0.357 e. The third-order valence-corrected chi connectivity index (χ3v) is 5.38. The van der Waals surface area contributed by atoms with Crippen LogP contribution in [0.4, 0.5) is 0 Å². The predicted octanol–water partition coefficient (Wildman–Crippen LogP) is 2.52. The van der Waals surface area contributed by atoms with Crippen LogP contribution in [0, 0.1) is 0 Å². The van der Waals surface area contributed by atoms with Crippen molar-refractivity contribution in [3.8, 4) is 0 Å². The maximum absolute atomic E-state index is 4.83. The lowest BCUT2D eigenvalue weighted by Crippen LogP contribution is -2.52. The number of hydrogen-bond donors (Lipinski definition) is 1. The summed E-state index contributed by atoms with van der Waals surface area (Å²) < 4.78 is 2.02. The minimum absolute atomic E-state index is 0. The lowest BCUT2D eigenvalue weighted by atomic mass is 10.3. The van der Waals surface area contributed by atoms with Crippen LogP contribution < -0.4 is 5.32 Å². The number of nitrogens with one attached hydrogen (secondary N) is 1. The number of hydrogen-bond acceptors (Lipinski definition) is 5. The second kappa shape index (κ2) is 12.3. The zero-order valence-corrected chi connectivity index (χ0v) is 19.1. The monoisotopic (exact) mass is 503 g/mol. The fourth-order valence-corrected chi connectivity index (χ4v) is 3.84. The van der Waals surface area contributed by atoms with Crippen LogP contribution in [0.3, 0.4) is 0 Å². The van der Waals surface area contributed by atoms with Crippen LogP contribution in [0.25, 0.3) is 0 Å². The molecule has 9 heteroatoms. The van der Waals surface area contributed by atoms with Gasteiger partial charge in [-0.3, -0.25) is 9.89 Å². The van der Waals surface area contributed by atoms with E-state index in [1.54, 1.807) is 12.7 Å². The van der Waals surface area contributed by atoms with E-state index in [9.17, 15) is 0 Å². The number of aromatic nitrogens is 3. The Morgan fingerprint density at radius 3 is 2.63 bits per heavy atom. The summed E-state index contributed by atoms with van der Waals surface area (Å²) in [5.74, 6) is 1.06. The molecule has 0 saturated carbocycles. The molecule has 0 aliphatic carbocycles. The number of guanidine groups is 1.